The van der Waals surface area contributed by atoms with E-state index in [2.05, 4.69) is 81.5 Å². The first kappa shape index (κ1) is 15.8. The summed E-state index contributed by atoms with van der Waals surface area (Å²) in [5.74, 6) is 0.718. The second-order valence-corrected chi connectivity index (χ2v) is 6.37. The van der Waals surface area contributed by atoms with E-state index in [0.717, 1.165) is 18.9 Å². The summed E-state index contributed by atoms with van der Waals surface area (Å²) >= 11 is 0. The van der Waals surface area contributed by atoms with Crippen molar-refractivity contribution in [2.45, 2.75) is 46.7 Å². The summed E-state index contributed by atoms with van der Waals surface area (Å²) in [7, 11) is 0. The third-order valence-corrected chi connectivity index (χ3v) is 3.93. The highest BCUT2D eigenvalue weighted by atomic mass is 14.9. The van der Waals surface area contributed by atoms with E-state index in [-0.39, 0.29) is 0 Å². The third-order valence-electron chi connectivity index (χ3n) is 3.93. The van der Waals surface area contributed by atoms with Gasteiger partial charge in [0.2, 0.25) is 0 Å². The quantitative estimate of drug-likeness (QED) is 0.781. The Bertz CT molecular complexity index is 554. The van der Waals surface area contributed by atoms with Gasteiger partial charge in [0.1, 0.15) is 0 Å². The van der Waals surface area contributed by atoms with Crippen LogP contribution in [0.4, 0.5) is 0 Å². The van der Waals surface area contributed by atoms with Crippen molar-refractivity contribution >= 4 is 0 Å². The zero-order valence-electron chi connectivity index (χ0n) is 13.7. The Labute approximate surface area is 129 Å². The number of hydrogen-bond acceptors (Lipinski definition) is 1. The second kappa shape index (κ2) is 7.42. The van der Waals surface area contributed by atoms with Crippen LogP contribution in [-0.2, 0) is 13.0 Å². The maximum atomic E-state index is 3.62. The average molecular weight is 281 g/mol. The average Bonchev–Trinajstić information content (AvgIpc) is 2.46. The van der Waals surface area contributed by atoms with Crippen molar-refractivity contribution < 1.29 is 0 Å². The summed E-state index contributed by atoms with van der Waals surface area (Å²) in [6.45, 7) is 9.85. The van der Waals surface area contributed by atoms with E-state index < -0.39 is 0 Å². The van der Waals surface area contributed by atoms with Crippen LogP contribution in [0.25, 0.3) is 0 Å². The molecule has 2 aromatic rings. The molecule has 0 aliphatic heterocycles. The van der Waals surface area contributed by atoms with Gasteiger partial charge in [-0.05, 0) is 48.4 Å². The van der Waals surface area contributed by atoms with Crippen LogP contribution in [0.1, 0.15) is 49.1 Å². The molecule has 2 rings (SSSR count). The largest absolute Gasteiger partial charge is 0.306 e. The van der Waals surface area contributed by atoms with Gasteiger partial charge in [0.05, 0.1) is 0 Å². The van der Waals surface area contributed by atoms with Crippen LogP contribution in [-0.4, -0.2) is 0 Å². The molecule has 0 spiro atoms. The topological polar surface area (TPSA) is 12.0 Å². The van der Waals surface area contributed by atoms with E-state index in [4.69, 9.17) is 0 Å². The van der Waals surface area contributed by atoms with Gasteiger partial charge >= 0.3 is 0 Å². The van der Waals surface area contributed by atoms with Gasteiger partial charge in [-0.3, -0.25) is 0 Å². The van der Waals surface area contributed by atoms with Crippen LogP contribution >= 0.6 is 0 Å². The molecule has 21 heavy (non-hydrogen) atoms. The van der Waals surface area contributed by atoms with Gasteiger partial charge in [-0.15, -0.1) is 0 Å². The summed E-state index contributed by atoms with van der Waals surface area (Å²) in [5.41, 5.74) is 5.52. The number of rotatable bonds is 6. The molecule has 1 N–H and O–H groups in total. The minimum atomic E-state index is 0.376. The number of nitrogens with one attached hydrogen (secondary N) is 1. The summed E-state index contributed by atoms with van der Waals surface area (Å²) < 4.78 is 0. The summed E-state index contributed by atoms with van der Waals surface area (Å²) in [5, 5.41) is 3.62. The molecular formula is C20H27N. The molecule has 0 bridgehead atoms. The van der Waals surface area contributed by atoms with Crippen molar-refractivity contribution in [1.29, 1.82) is 0 Å². The molecule has 2 aromatic carbocycles. The molecular weight excluding hydrogens is 254 g/mol. The number of benzene rings is 2. The lowest BCUT2D eigenvalue weighted by Gasteiger charge is -2.17. The van der Waals surface area contributed by atoms with Crippen LogP contribution in [0, 0.1) is 12.8 Å². The molecule has 1 nitrogen and oxygen atoms in total. The Morgan fingerprint density at radius 3 is 2.10 bits per heavy atom. The lowest BCUT2D eigenvalue weighted by Crippen LogP contribution is -2.18. The zero-order chi connectivity index (χ0) is 15.2. The highest BCUT2D eigenvalue weighted by Crippen LogP contribution is 2.17. The zero-order valence-corrected chi connectivity index (χ0v) is 13.7. The van der Waals surface area contributed by atoms with Crippen molar-refractivity contribution in [3.8, 4) is 0 Å². The minimum Gasteiger partial charge on any atom is -0.306 e. The van der Waals surface area contributed by atoms with Gasteiger partial charge in [-0.1, -0.05) is 62.4 Å². The molecule has 1 heteroatoms. The molecule has 112 valence electrons. The summed E-state index contributed by atoms with van der Waals surface area (Å²) in [4.78, 5) is 0. The Hall–Kier alpha value is -1.60. The van der Waals surface area contributed by atoms with E-state index >= 15 is 0 Å². The highest BCUT2D eigenvalue weighted by molar-refractivity contribution is 5.28. The monoisotopic (exact) mass is 281 g/mol. The number of hydrogen-bond donors (Lipinski definition) is 1. The molecule has 0 radical (unpaired) electrons. The van der Waals surface area contributed by atoms with E-state index in [1.807, 2.05) is 0 Å². The molecule has 0 aliphatic carbocycles. The van der Waals surface area contributed by atoms with Gasteiger partial charge in [0.15, 0.2) is 0 Å². The fourth-order valence-electron chi connectivity index (χ4n) is 2.72. The van der Waals surface area contributed by atoms with Crippen LogP contribution in [0.15, 0.2) is 48.5 Å². The number of aryl methyl sites for hydroxylation is 1. The Morgan fingerprint density at radius 2 is 1.48 bits per heavy atom. The van der Waals surface area contributed by atoms with Crippen molar-refractivity contribution in [3.05, 3.63) is 70.8 Å². The Balaban J connectivity index is 1.92. The summed E-state index contributed by atoms with van der Waals surface area (Å²) in [6.07, 6.45) is 1.16. The molecule has 0 amide bonds. The Kier molecular flexibility index (Phi) is 5.58. The molecule has 0 saturated heterocycles. The molecule has 0 heterocycles. The maximum Gasteiger partial charge on any atom is 0.0297 e. The lowest BCUT2D eigenvalue weighted by atomic mass is 10.0. The fraction of sp³-hybridized carbons (Fsp3) is 0.400. The molecule has 0 aromatic heterocycles. The predicted molar refractivity (Wildman–Crippen MR) is 91.4 cm³/mol. The van der Waals surface area contributed by atoms with Crippen molar-refractivity contribution in [2.75, 3.05) is 0 Å². The standard InChI is InChI=1S/C20H27N/c1-15(2)13-18-9-11-19(12-10-18)14-21-17(4)20-8-6-5-7-16(20)3/h5-12,15,17,21H,13-14H2,1-4H3/t17-/m0/s1. The van der Waals surface area contributed by atoms with E-state index in [1.165, 1.54) is 22.3 Å². The third kappa shape index (κ3) is 4.71. The first-order chi connectivity index (χ1) is 10.1. The lowest BCUT2D eigenvalue weighted by molar-refractivity contribution is 0.572. The van der Waals surface area contributed by atoms with E-state index in [0.29, 0.717) is 6.04 Å². The van der Waals surface area contributed by atoms with Crippen LogP contribution in [0.3, 0.4) is 0 Å². The van der Waals surface area contributed by atoms with Gasteiger partial charge < -0.3 is 5.32 Å². The van der Waals surface area contributed by atoms with Gasteiger partial charge in [-0.25, -0.2) is 0 Å². The normalized spacial score (nSPS) is 12.6. The fourth-order valence-corrected chi connectivity index (χ4v) is 2.72. The van der Waals surface area contributed by atoms with Crippen LogP contribution in [0.5, 0.6) is 0 Å². The SMILES string of the molecule is Cc1ccccc1[C@H](C)NCc1ccc(CC(C)C)cc1. The highest BCUT2D eigenvalue weighted by Gasteiger charge is 2.07. The Morgan fingerprint density at radius 1 is 0.857 bits per heavy atom. The van der Waals surface area contributed by atoms with E-state index in [9.17, 15) is 0 Å². The van der Waals surface area contributed by atoms with Crippen LogP contribution in [0.2, 0.25) is 0 Å². The van der Waals surface area contributed by atoms with Crippen molar-refractivity contribution in [1.82, 2.24) is 5.32 Å². The first-order valence-corrected chi connectivity index (χ1v) is 7.93. The van der Waals surface area contributed by atoms with Gasteiger partial charge in [0, 0.05) is 12.6 Å². The van der Waals surface area contributed by atoms with Crippen LogP contribution < -0.4 is 5.32 Å². The summed E-state index contributed by atoms with van der Waals surface area (Å²) in [6, 6.07) is 18.0. The first-order valence-electron chi connectivity index (χ1n) is 7.93. The molecule has 0 unspecified atom stereocenters. The molecule has 0 fully saturated rings. The second-order valence-electron chi connectivity index (χ2n) is 6.37. The van der Waals surface area contributed by atoms with E-state index in [1.54, 1.807) is 0 Å². The smallest absolute Gasteiger partial charge is 0.0297 e. The van der Waals surface area contributed by atoms with Gasteiger partial charge in [-0.2, -0.15) is 0 Å². The molecule has 1 atom stereocenters. The predicted octanol–water partition coefficient (Wildman–Crippen LogP) is 5.04. The van der Waals surface area contributed by atoms with Crippen molar-refractivity contribution in [3.63, 3.8) is 0 Å². The molecule has 0 aliphatic rings. The molecule has 0 saturated carbocycles. The van der Waals surface area contributed by atoms with Gasteiger partial charge in [0.25, 0.3) is 0 Å². The minimum absolute atomic E-state index is 0.376. The van der Waals surface area contributed by atoms with Crippen molar-refractivity contribution in [2.24, 2.45) is 5.92 Å². The maximum absolute atomic E-state index is 3.62.